The minimum absolute atomic E-state index is 0.0840. The number of rotatable bonds is 2. The van der Waals surface area contributed by atoms with Gasteiger partial charge in [0.1, 0.15) is 6.54 Å². The van der Waals surface area contributed by atoms with Gasteiger partial charge >= 0.3 is 5.76 Å². The summed E-state index contributed by atoms with van der Waals surface area (Å²) in [7, 11) is 1.50. The summed E-state index contributed by atoms with van der Waals surface area (Å²) < 4.78 is 6.10. The van der Waals surface area contributed by atoms with Crippen molar-refractivity contribution in [3.05, 3.63) is 28.9 Å². The molecule has 0 bridgehead atoms. The lowest BCUT2D eigenvalue weighted by atomic mass is 10.4. The van der Waals surface area contributed by atoms with E-state index in [1.165, 1.54) is 17.8 Å². The van der Waals surface area contributed by atoms with Crippen molar-refractivity contribution in [2.45, 2.75) is 6.54 Å². The van der Waals surface area contributed by atoms with Crippen LogP contribution in [0.25, 0.3) is 11.2 Å². The molecule has 2 rings (SSSR count). The van der Waals surface area contributed by atoms with Gasteiger partial charge in [-0.15, -0.1) is 0 Å². The molecule has 2 aromatic rings. The number of carbonyl (C=O) groups excluding carboxylic acids is 1. The number of oxazole rings is 1. The van der Waals surface area contributed by atoms with Crippen molar-refractivity contribution in [3.8, 4) is 0 Å². The molecule has 0 aliphatic rings. The third-order valence-electron chi connectivity index (χ3n) is 2.00. The average Bonchev–Trinajstić information content (AvgIpc) is 2.55. The topological polar surface area (TPSA) is 77.1 Å². The van der Waals surface area contributed by atoms with Crippen molar-refractivity contribution in [1.82, 2.24) is 14.9 Å². The maximum Gasteiger partial charge on any atom is 0.421 e. The van der Waals surface area contributed by atoms with Gasteiger partial charge < -0.3 is 9.73 Å². The van der Waals surface area contributed by atoms with E-state index < -0.39 is 5.76 Å². The Morgan fingerprint density at radius 1 is 1.67 bits per heavy atom. The number of hydrogen-bond acceptors (Lipinski definition) is 4. The SMILES string of the molecule is CNC(=O)Cn1c(=O)oc2cccnc21. The lowest BCUT2D eigenvalue weighted by Gasteiger charge is -1.98. The Kier molecular flexibility index (Phi) is 2.24. The number of carbonyl (C=O) groups is 1. The summed E-state index contributed by atoms with van der Waals surface area (Å²) in [6.07, 6.45) is 1.54. The molecule has 0 atom stereocenters. The van der Waals surface area contributed by atoms with Crippen LogP contribution in [0.15, 0.2) is 27.5 Å². The fourth-order valence-corrected chi connectivity index (χ4v) is 1.26. The largest absolute Gasteiger partial charge is 0.421 e. The van der Waals surface area contributed by atoms with E-state index in [4.69, 9.17) is 4.42 Å². The summed E-state index contributed by atoms with van der Waals surface area (Å²) in [4.78, 5) is 26.5. The predicted molar refractivity (Wildman–Crippen MR) is 52.3 cm³/mol. The zero-order valence-corrected chi connectivity index (χ0v) is 8.06. The summed E-state index contributed by atoms with van der Waals surface area (Å²) in [5.74, 6) is -0.849. The second-order valence-corrected chi connectivity index (χ2v) is 2.95. The second kappa shape index (κ2) is 3.56. The molecule has 6 heteroatoms. The summed E-state index contributed by atoms with van der Waals surface area (Å²) in [6, 6.07) is 3.29. The van der Waals surface area contributed by atoms with Gasteiger partial charge in [-0.25, -0.2) is 14.3 Å². The second-order valence-electron chi connectivity index (χ2n) is 2.95. The van der Waals surface area contributed by atoms with Crippen molar-refractivity contribution in [2.24, 2.45) is 0 Å². The van der Waals surface area contributed by atoms with Crippen LogP contribution in [0.1, 0.15) is 0 Å². The summed E-state index contributed by atoms with van der Waals surface area (Å²) in [5.41, 5.74) is 0.762. The third kappa shape index (κ3) is 1.61. The third-order valence-corrected chi connectivity index (χ3v) is 2.00. The first kappa shape index (κ1) is 9.45. The molecule has 0 spiro atoms. The monoisotopic (exact) mass is 207 g/mol. The van der Waals surface area contributed by atoms with Crippen molar-refractivity contribution in [1.29, 1.82) is 0 Å². The Labute approximate surface area is 84.5 Å². The molecular weight excluding hydrogens is 198 g/mol. The number of nitrogens with one attached hydrogen (secondary N) is 1. The van der Waals surface area contributed by atoms with Crippen LogP contribution in [-0.2, 0) is 11.3 Å². The van der Waals surface area contributed by atoms with Gasteiger partial charge in [0.2, 0.25) is 5.91 Å². The van der Waals surface area contributed by atoms with Gasteiger partial charge in [-0.2, -0.15) is 0 Å². The van der Waals surface area contributed by atoms with Crippen molar-refractivity contribution in [3.63, 3.8) is 0 Å². The molecule has 0 unspecified atom stereocenters. The number of pyridine rings is 1. The molecule has 2 aromatic heterocycles. The van der Waals surface area contributed by atoms with E-state index in [9.17, 15) is 9.59 Å². The van der Waals surface area contributed by atoms with Crippen LogP contribution in [0.5, 0.6) is 0 Å². The molecule has 0 fully saturated rings. The van der Waals surface area contributed by atoms with Gasteiger partial charge in [-0.3, -0.25) is 4.79 Å². The molecule has 0 aromatic carbocycles. The van der Waals surface area contributed by atoms with Crippen molar-refractivity contribution < 1.29 is 9.21 Å². The highest BCUT2D eigenvalue weighted by Crippen LogP contribution is 2.07. The minimum Gasteiger partial charge on any atom is -0.406 e. The van der Waals surface area contributed by atoms with Crippen molar-refractivity contribution >= 4 is 17.1 Å². The fraction of sp³-hybridized carbons (Fsp3) is 0.222. The van der Waals surface area contributed by atoms with Crippen LogP contribution in [0, 0.1) is 0 Å². The highest BCUT2D eigenvalue weighted by atomic mass is 16.4. The lowest BCUT2D eigenvalue weighted by molar-refractivity contribution is -0.121. The standard InChI is InChI=1S/C9H9N3O3/c1-10-7(13)5-12-8-6(15-9(12)14)3-2-4-11-8/h2-4H,5H2,1H3,(H,10,13). The number of nitrogens with zero attached hydrogens (tertiary/aromatic N) is 2. The first-order valence-corrected chi connectivity index (χ1v) is 4.37. The summed E-state index contributed by atoms with van der Waals surface area (Å²) >= 11 is 0. The van der Waals surface area contributed by atoms with Gasteiger partial charge in [0.05, 0.1) is 0 Å². The minimum atomic E-state index is -0.577. The van der Waals surface area contributed by atoms with E-state index >= 15 is 0 Å². The van der Waals surface area contributed by atoms with E-state index in [0.717, 1.165) is 0 Å². The Morgan fingerprint density at radius 3 is 3.20 bits per heavy atom. The van der Waals surface area contributed by atoms with Crippen LogP contribution in [0.3, 0.4) is 0 Å². The summed E-state index contributed by atoms with van der Waals surface area (Å²) in [6.45, 7) is -0.0840. The highest BCUT2D eigenvalue weighted by Gasteiger charge is 2.11. The Bertz CT molecular complexity index is 555. The number of aromatic nitrogens is 2. The molecule has 0 radical (unpaired) electrons. The Balaban J connectivity index is 2.54. The molecule has 0 saturated heterocycles. The molecule has 0 aliphatic carbocycles. The maximum atomic E-state index is 11.4. The average molecular weight is 207 g/mol. The van der Waals surface area contributed by atoms with Crippen LogP contribution in [0.4, 0.5) is 0 Å². The molecule has 1 amide bonds. The van der Waals surface area contributed by atoms with Gasteiger partial charge in [-0.1, -0.05) is 0 Å². The Hall–Kier alpha value is -2.11. The van der Waals surface area contributed by atoms with Crippen LogP contribution >= 0.6 is 0 Å². The quantitative estimate of drug-likeness (QED) is 0.735. The van der Waals surface area contributed by atoms with Crippen LogP contribution in [0.2, 0.25) is 0 Å². The van der Waals surface area contributed by atoms with Crippen LogP contribution in [-0.4, -0.2) is 22.5 Å². The molecule has 2 heterocycles. The van der Waals surface area contributed by atoms with E-state index in [0.29, 0.717) is 11.2 Å². The van der Waals surface area contributed by atoms with E-state index in [-0.39, 0.29) is 12.5 Å². The smallest absolute Gasteiger partial charge is 0.406 e. The van der Waals surface area contributed by atoms with E-state index in [2.05, 4.69) is 10.3 Å². The van der Waals surface area contributed by atoms with Crippen LogP contribution < -0.4 is 11.1 Å². The number of likely N-dealkylation sites (N-methyl/N-ethyl adjacent to an activating group) is 1. The fourth-order valence-electron chi connectivity index (χ4n) is 1.26. The maximum absolute atomic E-state index is 11.4. The van der Waals surface area contributed by atoms with Gasteiger partial charge in [0.15, 0.2) is 11.2 Å². The molecule has 0 saturated carbocycles. The lowest BCUT2D eigenvalue weighted by Crippen LogP contribution is -2.28. The molecule has 78 valence electrons. The molecule has 0 aliphatic heterocycles. The number of amides is 1. The molecule has 1 N–H and O–H groups in total. The zero-order chi connectivity index (χ0) is 10.8. The van der Waals surface area contributed by atoms with E-state index in [1.54, 1.807) is 12.1 Å². The van der Waals surface area contributed by atoms with Crippen molar-refractivity contribution in [2.75, 3.05) is 7.05 Å². The zero-order valence-electron chi connectivity index (χ0n) is 8.06. The van der Waals surface area contributed by atoms with Gasteiger partial charge in [0.25, 0.3) is 0 Å². The predicted octanol–water partition coefficient (Wildman–Crippen LogP) is -0.265. The molecular formula is C9H9N3O3. The molecule has 6 nitrogen and oxygen atoms in total. The number of hydrogen-bond donors (Lipinski definition) is 1. The highest BCUT2D eigenvalue weighted by molar-refractivity contribution is 5.77. The summed E-state index contributed by atoms with van der Waals surface area (Å²) in [5, 5.41) is 2.43. The first-order chi connectivity index (χ1) is 7.22. The van der Waals surface area contributed by atoms with E-state index in [1.807, 2.05) is 0 Å². The van der Waals surface area contributed by atoms with Gasteiger partial charge in [-0.05, 0) is 12.1 Å². The Morgan fingerprint density at radius 2 is 2.47 bits per heavy atom. The number of fused-ring (bicyclic) bond motifs is 1. The normalized spacial score (nSPS) is 10.5. The van der Waals surface area contributed by atoms with Gasteiger partial charge in [0, 0.05) is 13.2 Å². The first-order valence-electron chi connectivity index (χ1n) is 4.37. The molecule has 15 heavy (non-hydrogen) atoms.